The Bertz CT molecular complexity index is 1100. The zero-order valence-corrected chi connectivity index (χ0v) is 17.9. The summed E-state index contributed by atoms with van der Waals surface area (Å²) in [6.07, 6.45) is -3.16. The van der Waals surface area contributed by atoms with Gasteiger partial charge in [0.1, 0.15) is 34.9 Å². The predicted octanol–water partition coefficient (Wildman–Crippen LogP) is 0.615. The number of hydrogen-bond acceptors (Lipinski definition) is 10. The third-order valence-electron chi connectivity index (χ3n) is 5.12. The minimum absolute atomic E-state index is 0.0801. The fourth-order valence-corrected chi connectivity index (χ4v) is 4.26. The zero-order chi connectivity index (χ0) is 22.8. The molecular formula is C20H23N5O6S. The maximum Gasteiger partial charge on any atom is 0.325 e. The molecule has 3 heterocycles. The molecule has 11 nitrogen and oxygen atoms in total. The Kier molecular flexibility index (Phi) is 6.58. The van der Waals surface area contributed by atoms with Crippen LogP contribution in [0.1, 0.15) is 18.7 Å². The number of nitrogens with one attached hydrogen (secondary N) is 1. The van der Waals surface area contributed by atoms with Gasteiger partial charge in [-0.15, -0.1) is 0 Å². The summed E-state index contributed by atoms with van der Waals surface area (Å²) < 4.78 is 7.06. The summed E-state index contributed by atoms with van der Waals surface area (Å²) in [7, 11) is 0. The van der Waals surface area contributed by atoms with Crippen LogP contribution in [0.2, 0.25) is 0 Å². The molecule has 3 aromatic rings. The molecule has 0 unspecified atom stereocenters. The van der Waals surface area contributed by atoms with Gasteiger partial charge in [-0.2, -0.15) is 4.98 Å². The van der Waals surface area contributed by atoms with Crippen molar-refractivity contribution in [3.63, 3.8) is 0 Å². The lowest BCUT2D eigenvalue weighted by Crippen LogP contribution is -2.33. The van der Waals surface area contributed by atoms with Crippen LogP contribution in [0.5, 0.6) is 0 Å². The summed E-state index contributed by atoms with van der Waals surface area (Å²) in [4.78, 5) is 24.5. The van der Waals surface area contributed by atoms with E-state index in [-0.39, 0.29) is 5.95 Å². The van der Waals surface area contributed by atoms with E-state index in [1.54, 1.807) is 0 Å². The number of carbonyl (C=O) groups is 1. The number of aliphatic hydroxyl groups excluding tert-OH is 3. The van der Waals surface area contributed by atoms with Crippen molar-refractivity contribution in [2.45, 2.75) is 48.3 Å². The van der Waals surface area contributed by atoms with Crippen molar-refractivity contribution in [3.8, 4) is 0 Å². The van der Waals surface area contributed by atoms with Crippen LogP contribution < -0.4 is 5.32 Å². The van der Waals surface area contributed by atoms with Gasteiger partial charge < -0.3 is 30.5 Å². The Labute approximate surface area is 187 Å². The second-order valence-electron chi connectivity index (χ2n) is 7.38. The van der Waals surface area contributed by atoms with Crippen LogP contribution in [0.25, 0.3) is 11.2 Å². The number of thioether (sulfide) groups is 1. The molecule has 1 aliphatic heterocycles. The van der Waals surface area contributed by atoms with Crippen molar-refractivity contribution in [2.24, 2.45) is 0 Å². The molecule has 5 N–H and O–H groups in total. The van der Waals surface area contributed by atoms with Gasteiger partial charge in [0.2, 0.25) is 5.95 Å². The molecule has 5 atom stereocenters. The molecule has 0 saturated carbocycles. The Morgan fingerprint density at radius 3 is 2.66 bits per heavy atom. The smallest absolute Gasteiger partial charge is 0.325 e. The van der Waals surface area contributed by atoms with Crippen LogP contribution in [0.3, 0.4) is 0 Å². The first-order valence-corrected chi connectivity index (χ1v) is 10.9. The van der Waals surface area contributed by atoms with Gasteiger partial charge in [-0.05, 0) is 12.5 Å². The van der Waals surface area contributed by atoms with E-state index in [4.69, 9.17) is 4.74 Å². The van der Waals surface area contributed by atoms with Crippen LogP contribution >= 0.6 is 11.8 Å². The molecule has 4 rings (SSSR count). The van der Waals surface area contributed by atoms with Gasteiger partial charge in [-0.3, -0.25) is 9.36 Å². The van der Waals surface area contributed by atoms with Gasteiger partial charge in [0.25, 0.3) is 0 Å². The number of ether oxygens (including phenoxy) is 1. The number of carboxylic acids is 1. The molecule has 0 bridgehead atoms. The quantitative estimate of drug-likeness (QED) is 0.236. The minimum Gasteiger partial charge on any atom is -0.480 e. The Balaban J connectivity index is 1.72. The van der Waals surface area contributed by atoms with E-state index in [0.29, 0.717) is 21.9 Å². The maximum absolute atomic E-state index is 11.3. The Morgan fingerprint density at radius 1 is 1.25 bits per heavy atom. The van der Waals surface area contributed by atoms with Crippen molar-refractivity contribution in [2.75, 3.05) is 11.9 Å². The number of carboxylic acid groups (broad SMARTS) is 1. The lowest BCUT2D eigenvalue weighted by atomic mass is 10.1. The summed E-state index contributed by atoms with van der Waals surface area (Å²) in [6.45, 7) is 1.01. The van der Waals surface area contributed by atoms with Crippen LogP contribution in [-0.2, 0) is 15.3 Å². The summed E-state index contributed by atoms with van der Waals surface area (Å²) in [6, 6.07) is 8.82. The lowest BCUT2D eigenvalue weighted by molar-refractivity contribution is -0.137. The number of aliphatic hydroxyl groups is 3. The highest BCUT2D eigenvalue weighted by Gasteiger charge is 2.44. The van der Waals surface area contributed by atoms with E-state index in [1.165, 1.54) is 29.6 Å². The fourth-order valence-electron chi connectivity index (χ4n) is 3.33. The molecule has 1 fully saturated rings. The normalized spacial score (nSPS) is 24.0. The van der Waals surface area contributed by atoms with E-state index in [2.05, 4.69) is 20.3 Å². The van der Waals surface area contributed by atoms with Crippen LogP contribution in [0.15, 0.2) is 41.7 Å². The number of imidazole rings is 1. The van der Waals surface area contributed by atoms with Gasteiger partial charge in [0.05, 0.1) is 12.9 Å². The summed E-state index contributed by atoms with van der Waals surface area (Å²) in [5.74, 6) is -0.387. The van der Waals surface area contributed by atoms with Crippen LogP contribution in [0, 0.1) is 0 Å². The Hall–Kier alpha value is -2.77. The molecule has 1 aromatic carbocycles. The lowest BCUT2D eigenvalue weighted by Gasteiger charge is -2.17. The number of aliphatic carboxylic acids is 1. The van der Waals surface area contributed by atoms with Gasteiger partial charge in [-0.1, -0.05) is 42.1 Å². The van der Waals surface area contributed by atoms with Crippen molar-refractivity contribution >= 4 is 34.8 Å². The molecule has 0 spiro atoms. The summed E-state index contributed by atoms with van der Waals surface area (Å²) in [5.41, 5.74) is 1.81. The molecule has 2 aromatic heterocycles. The van der Waals surface area contributed by atoms with E-state index in [1.807, 2.05) is 30.3 Å². The number of anilines is 1. The van der Waals surface area contributed by atoms with Crippen molar-refractivity contribution < 1.29 is 30.0 Å². The molecule has 1 saturated heterocycles. The van der Waals surface area contributed by atoms with Crippen molar-refractivity contribution in [1.82, 2.24) is 19.5 Å². The standard InChI is InChI=1S/C20H23N5O6S/c1-10(19(29)30)22-20-23-16-13(17(24-20)32-8-11-5-3-2-4-6-11)21-9-25(16)18-15(28)14(27)12(7-26)31-18/h2-6,9-10,12,14-15,18,26-28H,7-8H2,1H3,(H,29,30)(H,22,23,24)/t10-,12-,14+,15+,18+/m0/s1. The van der Waals surface area contributed by atoms with Crippen molar-refractivity contribution in [3.05, 3.63) is 42.2 Å². The molecular weight excluding hydrogens is 438 g/mol. The third-order valence-corrected chi connectivity index (χ3v) is 6.15. The molecule has 1 aliphatic rings. The molecule has 0 radical (unpaired) electrons. The van der Waals surface area contributed by atoms with E-state index >= 15 is 0 Å². The first kappa shape index (κ1) is 22.4. The maximum atomic E-state index is 11.3. The first-order valence-electron chi connectivity index (χ1n) is 9.92. The molecule has 0 amide bonds. The molecule has 170 valence electrons. The van der Waals surface area contributed by atoms with Gasteiger partial charge in [0, 0.05) is 5.75 Å². The largest absolute Gasteiger partial charge is 0.480 e. The zero-order valence-electron chi connectivity index (χ0n) is 17.1. The molecule has 32 heavy (non-hydrogen) atoms. The highest BCUT2D eigenvalue weighted by molar-refractivity contribution is 7.98. The number of rotatable bonds is 8. The van der Waals surface area contributed by atoms with Crippen LogP contribution in [-0.4, -0.2) is 76.9 Å². The second-order valence-corrected chi connectivity index (χ2v) is 8.35. The van der Waals surface area contributed by atoms with E-state index in [9.17, 15) is 25.2 Å². The average Bonchev–Trinajstić information content (AvgIpc) is 3.33. The fraction of sp³-hybridized carbons (Fsp3) is 0.400. The number of aromatic nitrogens is 4. The van der Waals surface area contributed by atoms with Gasteiger partial charge in [-0.25, -0.2) is 9.97 Å². The highest BCUT2D eigenvalue weighted by Crippen LogP contribution is 2.34. The number of fused-ring (bicyclic) bond motifs is 1. The number of benzene rings is 1. The summed E-state index contributed by atoms with van der Waals surface area (Å²) in [5, 5.41) is 42.4. The topological polar surface area (TPSA) is 163 Å². The highest BCUT2D eigenvalue weighted by atomic mass is 32.2. The second kappa shape index (κ2) is 9.38. The first-order chi connectivity index (χ1) is 15.4. The summed E-state index contributed by atoms with van der Waals surface area (Å²) >= 11 is 1.41. The van der Waals surface area contributed by atoms with Crippen molar-refractivity contribution in [1.29, 1.82) is 0 Å². The van der Waals surface area contributed by atoms with Gasteiger partial charge >= 0.3 is 5.97 Å². The number of nitrogens with zero attached hydrogens (tertiary/aromatic N) is 4. The monoisotopic (exact) mass is 461 g/mol. The van der Waals surface area contributed by atoms with E-state index in [0.717, 1.165) is 5.56 Å². The van der Waals surface area contributed by atoms with E-state index < -0.39 is 43.2 Å². The minimum atomic E-state index is -1.31. The SMILES string of the molecule is C[C@H](Nc1nc(SCc2ccccc2)c2ncn([C@@H]3O[C@@H](CO)[C@@H](O)[C@H]3O)c2n1)C(=O)O. The van der Waals surface area contributed by atoms with Gasteiger partial charge in [0.15, 0.2) is 11.9 Å². The molecule has 12 heteroatoms. The molecule has 0 aliphatic carbocycles. The van der Waals surface area contributed by atoms with Crippen LogP contribution in [0.4, 0.5) is 5.95 Å². The predicted molar refractivity (Wildman–Crippen MR) is 115 cm³/mol. The number of hydrogen-bond donors (Lipinski definition) is 5. The Morgan fingerprint density at radius 2 is 2.00 bits per heavy atom. The average molecular weight is 462 g/mol. The third kappa shape index (κ3) is 4.40.